The lowest BCUT2D eigenvalue weighted by atomic mass is 9.79. The highest BCUT2D eigenvalue weighted by atomic mass is 16.2. The minimum atomic E-state index is -0.393. The molecule has 1 heterocycles. The topological polar surface area (TPSA) is 66.5 Å². The molecule has 1 atom stereocenters. The van der Waals surface area contributed by atoms with E-state index in [0.29, 0.717) is 25.9 Å². The molecule has 0 aromatic rings. The van der Waals surface area contributed by atoms with Crippen molar-refractivity contribution in [1.82, 2.24) is 10.2 Å². The lowest BCUT2D eigenvalue weighted by Gasteiger charge is -2.39. The van der Waals surface area contributed by atoms with E-state index in [4.69, 9.17) is 0 Å². The van der Waals surface area contributed by atoms with Gasteiger partial charge in [0.1, 0.15) is 5.78 Å². The second kappa shape index (κ2) is 8.46. The van der Waals surface area contributed by atoms with Crippen LogP contribution in [0.4, 0.5) is 0 Å². The van der Waals surface area contributed by atoms with Crippen LogP contribution in [0.1, 0.15) is 60.3 Å². The van der Waals surface area contributed by atoms with Gasteiger partial charge in [0.05, 0.1) is 0 Å². The van der Waals surface area contributed by atoms with Crippen LogP contribution in [-0.2, 0) is 14.4 Å². The Labute approximate surface area is 140 Å². The van der Waals surface area contributed by atoms with Crippen molar-refractivity contribution in [2.45, 2.75) is 60.3 Å². The molecule has 0 bridgehead atoms. The summed E-state index contributed by atoms with van der Waals surface area (Å²) >= 11 is 0. The monoisotopic (exact) mass is 324 g/mol. The fraction of sp³-hybridized carbons (Fsp3) is 0.833. The lowest BCUT2D eigenvalue weighted by Crippen LogP contribution is -2.49. The number of rotatable bonds is 7. The Kier molecular flexibility index (Phi) is 7.23. The Morgan fingerprint density at radius 3 is 2.48 bits per heavy atom. The van der Waals surface area contributed by atoms with Crippen LogP contribution < -0.4 is 5.32 Å². The number of Topliss-reactive ketones (excluding diaryl/α,β-unsaturated/α-hetero) is 1. The van der Waals surface area contributed by atoms with E-state index in [9.17, 15) is 14.4 Å². The molecule has 1 aliphatic rings. The van der Waals surface area contributed by atoms with Crippen molar-refractivity contribution < 1.29 is 14.4 Å². The average molecular weight is 324 g/mol. The van der Waals surface area contributed by atoms with E-state index in [-0.39, 0.29) is 29.4 Å². The summed E-state index contributed by atoms with van der Waals surface area (Å²) in [5.74, 6) is 0.526. The third-order valence-corrected chi connectivity index (χ3v) is 5.13. The van der Waals surface area contributed by atoms with Crippen molar-refractivity contribution in [2.24, 2.45) is 17.3 Å². The van der Waals surface area contributed by atoms with Gasteiger partial charge in [-0.2, -0.15) is 0 Å². The van der Waals surface area contributed by atoms with Gasteiger partial charge in [-0.15, -0.1) is 0 Å². The molecule has 1 aliphatic heterocycles. The van der Waals surface area contributed by atoms with Gasteiger partial charge in [0.25, 0.3) is 0 Å². The molecule has 132 valence electrons. The summed E-state index contributed by atoms with van der Waals surface area (Å²) in [6.07, 6.45) is 2.90. The second-order valence-corrected chi connectivity index (χ2v) is 7.52. The van der Waals surface area contributed by atoms with Crippen LogP contribution in [0.15, 0.2) is 0 Å². The van der Waals surface area contributed by atoms with Gasteiger partial charge in [0.2, 0.25) is 11.8 Å². The van der Waals surface area contributed by atoms with E-state index < -0.39 is 5.41 Å². The van der Waals surface area contributed by atoms with Crippen molar-refractivity contribution in [3.63, 3.8) is 0 Å². The molecule has 1 unspecified atom stereocenters. The summed E-state index contributed by atoms with van der Waals surface area (Å²) in [6.45, 7) is 11.4. The number of nitrogens with zero attached hydrogens (tertiary/aromatic N) is 1. The highest BCUT2D eigenvalue weighted by Crippen LogP contribution is 2.31. The van der Waals surface area contributed by atoms with E-state index in [0.717, 1.165) is 19.4 Å². The number of amides is 2. The average Bonchev–Trinajstić information content (AvgIpc) is 2.50. The van der Waals surface area contributed by atoms with Crippen LogP contribution >= 0.6 is 0 Å². The summed E-state index contributed by atoms with van der Waals surface area (Å²) < 4.78 is 0. The van der Waals surface area contributed by atoms with Crippen LogP contribution in [0.2, 0.25) is 0 Å². The molecule has 2 amide bonds. The Hall–Kier alpha value is -1.39. The summed E-state index contributed by atoms with van der Waals surface area (Å²) in [4.78, 5) is 37.8. The van der Waals surface area contributed by atoms with Crippen molar-refractivity contribution >= 4 is 17.6 Å². The first-order valence-electron chi connectivity index (χ1n) is 8.72. The third kappa shape index (κ3) is 5.63. The highest BCUT2D eigenvalue weighted by molar-refractivity contribution is 5.85. The quantitative estimate of drug-likeness (QED) is 0.731. The van der Waals surface area contributed by atoms with Crippen LogP contribution in [0.3, 0.4) is 0 Å². The fourth-order valence-electron chi connectivity index (χ4n) is 2.81. The minimum Gasteiger partial charge on any atom is -0.356 e. The molecular formula is C18H32N2O3. The molecule has 1 N–H and O–H groups in total. The zero-order valence-electron chi connectivity index (χ0n) is 15.3. The van der Waals surface area contributed by atoms with Gasteiger partial charge in [-0.1, -0.05) is 27.7 Å². The number of ketones is 1. The summed E-state index contributed by atoms with van der Waals surface area (Å²) in [5.41, 5.74) is -0.393. The molecule has 1 fully saturated rings. The normalized spacial score (nSPS) is 18.9. The van der Waals surface area contributed by atoms with E-state index in [1.807, 2.05) is 18.7 Å². The van der Waals surface area contributed by atoms with Crippen LogP contribution in [0.5, 0.6) is 0 Å². The predicted octanol–water partition coefficient (Wildman–Crippen LogP) is 2.39. The van der Waals surface area contributed by atoms with Gasteiger partial charge in [0, 0.05) is 44.3 Å². The Morgan fingerprint density at radius 2 is 1.91 bits per heavy atom. The summed E-state index contributed by atoms with van der Waals surface area (Å²) in [7, 11) is 0. The third-order valence-electron chi connectivity index (χ3n) is 5.13. The number of hydrogen-bond acceptors (Lipinski definition) is 3. The molecule has 0 radical (unpaired) electrons. The van der Waals surface area contributed by atoms with Gasteiger partial charge in [0.15, 0.2) is 0 Å². The Morgan fingerprint density at radius 1 is 1.26 bits per heavy atom. The Bertz CT molecular complexity index is 444. The SMILES string of the molecule is CC(=O)NCCCC(=O)C1CCCN(C(=O)C(C)(C)C(C)C)C1. The molecule has 1 saturated heterocycles. The zero-order chi connectivity index (χ0) is 17.6. The lowest BCUT2D eigenvalue weighted by molar-refractivity contribution is -0.145. The van der Waals surface area contributed by atoms with Crippen molar-refractivity contribution in [1.29, 1.82) is 0 Å². The first kappa shape index (κ1) is 19.7. The molecule has 1 rings (SSSR count). The van der Waals surface area contributed by atoms with Crippen LogP contribution in [0, 0.1) is 17.3 Å². The highest BCUT2D eigenvalue weighted by Gasteiger charge is 2.37. The van der Waals surface area contributed by atoms with Gasteiger partial charge >= 0.3 is 0 Å². The summed E-state index contributed by atoms with van der Waals surface area (Å²) in [5, 5.41) is 2.71. The number of carbonyl (C=O) groups excluding carboxylic acids is 3. The Balaban J connectivity index is 2.52. The smallest absolute Gasteiger partial charge is 0.228 e. The molecule has 5 heteroatoms. The van der Waals surface area contributed by atoms with E-state index in [1.54, 1.807) is 0 Å². The first-order valence-corrected chi connectivity index (χ1v) is 8.72. The number of likely N-dealkylation sites (tertiary alicyclic amines) is 1. The number of piperidine rings is 1. The molecule has 0 spiro atoms. The largest absolute Gasteiger partial charge is 0.356 e. The zero-order valence-corrected chi connectivity index (χ0v) is 15.3. The minimum absolute atomic E-state index is 0.0482. The maximum absolute atomic E-state index is 12.7. The van der Waals surface area contributed by atoms with Crippen molar-refractivity contribution in [3.8, 4) is 0 Å². The fourth-order valence-corrected chi connectivity index (χ4v) is 2.81. The van der Waals surface area contributed by atoms with Crippen LogP contribution in [0.25, 0.3) is 0 Å². The van der Waals surface area contributed by atoms with Crippen molar-refractivity contribution in [2.75, 3.05) is 19.6 Å². The standard InChI is InChI=1S/C18H32N2O3/c1-13(2)18(4,5)17(23)20-11-7-8-15(12-20)16(22)9-6-10-19-14(3)21/h13,15H,6-12H2,1-5H3,(H,19,21). The van der Waals surface area contributed by atoms with E-state index in [1.165, 1.54) is 6.92 Å². The van der Waals surface area contributed by atoms with E-state index in [2.05, 4.69) is 19.2 Å². The number of carbonyl (C=O) groups is 3. The predicted molar refractivity (Wildman–Crippen MR) is 90.8 cm³/mol. The maximum Gasteiger partial charge on any atom is 0.228 e. The molecular weight excluding hydrogens is 292 g/mol. The summed E-state index contributed by atoms with van der Waals surface area (Å²) in [6, 6.07) is 0. The van der Waals surface area contributed by atoms with Gasteiger partial charge in [-0.3, -0.25) is 14.4 Å². The molecule has 0 aromatic heterocycles. The molecule has 0 aromatic carbocycles. The van der Waals surface area contributed by atoms with Gasteiger partial charge in [-0.05, 0) is 25.2 Å². The molecule has 23 heavy (non-hydrogen) atoms. The van der Waals surface area contributed by atoms with E-state index >= 15 is 0 Å². The maximum atomic E-state index is 12.7. The van der Waals surface area contributed by atoms with Gasteiger partial charge < -0.3 is 10.2 Å². The van der Waals surface area contributed by atoms with Crippen molar-refractivity contribution in [3.05, 3.63) is 0 Å². The number of hydrogen-bond donors (Lipinski definition) is 1. The first-order chi connectivity index (χ1) is 10.7. The molecule has 0 saturated carbocycles. The second-order valence-electron chi connectivity index (χ2n) is 7.52. The van der Waals surface area contributed by atoms with Gasteiger partial charge in [-0.25, -0.2) is 0 Å². The molecule has 5 nitrogen and oxygen atoms in total. The van der Waals surface area contributed by atoms with Crippen LogP contribution in [-0.4, -0.2) is 42.1 Å². The number of nitrogens with one attached hydrogen (secondary N) is 1. The molecule has 0 aliphatic carbocycles.